The van der Waals surface area contributed by atoms with Crippen LogP contribution in [0.15, 0.2) is 140 Å². The van der Waals surface area contributed by atoms with E-state index in [1.54, 1.807) is 0 Å². The monoisotopic (exact) mass is 511 g/mol. The van der Waals surface area contributed by atoms with Gasteiger partial charge in [0.2, 0.25) is 0 Å². The summed E-state index contributed by atoms with van der Waals surface area (Å²) in [6.45, 7) is 4.26. The molecule has 0 aliphatic carbocycles. The third-order valence-corrected chi connectivity index (χ3v) is 7.75. The number of hydrogen-bond acceptors (Lipinski definition) is 1. The van der Waals surface area contributed by atoms with Crippen LogP contribution in [0.3, 0.4) is 0 Å². The van der Waals surface area contributed by atoms with Gasteiger partial charge in [0.15, 0.2) is 0 Å². The van der Waals surface area contributed by atoms with E-state index < -0.39 is 0 Å². The second-order valence-corrected chi connectivity index (χ2v) is 10.6. The van der Waals surface area contributed by atoms with E-state index in [1.165, 1.54) is 49.4 Å². The van der Waals surface area contributed by atoms with Crippen LogP contribution in [0.1, 0.15) is 11.1 Å². The summed E-state index contributed by atoms with van der Waals surface area (Å²) in [5.74, 6) is 0. The van der Waals surface area contributed by atoms with Gasteiger partial charge in [0, 0.05) is 11.1 Å². The number of aryl methyl sites for hydroxylation is 2. The van der Waals surface area contributed by atoms with Crippen LogP contribution in [0.5, 0.6) is 0 Å². The van der Waals surface area contributed by atoms with E-state index in [0.717, 1.165) is 28.1 Å². The Kier molecular flexibility index (Phi) is 5.98. The molecule has 0 radical (unpaired) electrons. The molecule has 0 unspecified atom stereocenters. The van der Waals surface area contributed by atoms with Gasteiger partial charge < -0.3 is 0 Å². The molecule has 6 aromatic carbocycles. The maximum Gasteiger partial charge on any atom is 0.0715 e. The molecule has 0 spiro atoms. The van der Waals surface area contributed by atoms with Gasteiger partial charge in [0.25, 0.3) is 0 Å². The van der Waals surface area contributed by atoms with Gasteiger partial charge in [-0.3, -0.25) is 0 Å². The van der Waals surface area contributed by atoms with Crippen molar-refractivity contribution in [3.05, 3.63) is 151 Å². The molecule has 190 valence electrons. The zero-order valence-electron chi connectivity index (χ0n) is 22.7. The molecule has 7 rings (SSSR count). The average Bonchev–Trinajstić information content (AvgIpc) is 3.00. The van der Waals surface area contributed by atoms with Crippen LogP contribution in [0.2, 0.25) is 0 Å². The van der Waals surface area contributed by atoms with E-state index in [1.807, 2.05) is 0 Å². The van der Waals surface area contributed by atoms with Gasteiger partial charge in [0.1, 0.15) is 0 Å². The van der Waals surface area contributed by atoms with Crippen LogP contribution < -0.4 is 0 Å². The fourth-order valence-electron chi connectivity index (χ4n) is 5.74. The Balaban J connectivity index is 1.36. The summed E-state index contributed by atoms with van der Waals surface area (Å²) in [6, 6.07) is 50.3. The quantitative estimate of drug-likeness (QED) is 0.214. The smallest absolute Gasteiger partial charge is 0.0715 e. The highest BCUT2D eigenvalue weighted by atomic mass is 14.7. The zero-order valence-corrected chi connectivity index (χ0v) is 22.7. The number of fused-ring (bicyclic) bond motifs is 3. The standard InChI is InChI=1S/C39H29N/c1-26-9-7-12-31(21-26)38-24-33(25-39(40-38)32-13-8-10-27(2)22-32)28-17-19-29(20-18-28)37-23-30-11-3-4-14-34(30)35-15-5-6-16-36(35)37/h3-25H,1-2H3. The lowest BCUT2D eigenvalue weighted by molar-refractivity contribution is 1.31. The van der Waals surface area contributed by atoms with E-state index in [-0.39, 0.29) is 0 Å². The number of benzene rings is 6. The van der Waals surface area contributed by atoms with Crippen molar-refractivity contribution in [1.29, 1.82) is 0 Å². The summed E-state index contributed by atoms with van der Waals surface area (Å²) in [6.07, 6.45) is 0. The molecule has 0 amide bonds. The number of pyridine rings is 1. The molecule has 0 saturated heterocycles. The van der Waals surface area contributed by atoms with Crippen molar-refractivity contribution in [2.45, 2.75) is 13.8 Å². The second-order valence-electron chi connectivity index (χ2n) is 10.6. The van der Waals surface area contributed by atoms with E-state index in [2.05, 4.69) is 153 Å². The van der Waals surface area contributed by atoms with Crippen molar-refractivity contribution in [3.63, 3.8) is 0 Å². The summed E-state index contributed by atoms with van der Waals surface area (Å²) in [7, 11) is 0. The predicted molar refractivity (Wildman–Crippen MR) is 170 cm³/mol. The number of hydrogen-bond donors (Lipinski definition) is 0. The predicted octanol–water partition coefficient (Wildman–Crippen LogP) is 10.7. The maximum atomic E-state index is 5.11. The van der Waals surface area contributed by atoms with Gasteiger partial charge in [-0.2, -0.15) is 0 Å². The number of aromatic nitrogens is 1. The van der Waals surface area contributed by atoms with Crippen LogP contribution in [0.4, 0.5) is 0 Å². The lowest BCUT2D eigenvalue weighted by Gasteiger charge is -2.13. The van der Waals surface area contributed by atoms with Crippen LogP contribution >= 0.6 is 0 Å². The molecule has 1 nitrogen and oxygen atoms in total. The molecule has 0 aliphatic rings. The lowest BCUT2D eigenvalue weighted by atomic mass is 9.92. The Hall–Kier alpha value is -5.01. The molecule has 1 heterocycles. The van der Waals surface area contributed by atoms with E-state index in [0.29, 0.717) is 0 Å². The number of rotatable bonds is 4. The van der Waals surface area contributed by atoms with Crippen LogP contribution in [-0.2, 0) is 0 Å². The Morgan fingerprint density at radius 3 is 1.55 bits per heavy atom. The summed E-state index contributed by atoms with van der Waals surface area (Å²) in [4.78, 5) is 5.11. The van der Waals surface area contributed by atoms with Crippen LogP contribution in [0, 0.1) is 13.8 Å². The Morgan fingerprint density at radius 2 is 0.925 bits per heavy atom. The van der Waals surface area contributed by atoms with Crippen molar-refractivity contribution < 1.29 is 0 Å². The van der Waals surface area contributed by atoms with Crippen molar-refractivity contribution in [2.24, 2.45) is 0 Å². The Labute approximate surface area is 235 Å². The van der Waals surface area contributed by atoms with Crippen molar-refractivity contribution >= 4 is 21.5 Å². The fourth-order valence-corrected chi connectivity index (χ4v) is 5.74. The first-order chi connectivity index (χ1) is 19.6. The average molecular weight is 512 g/mol. The molecular formula is C39H29N. The van der Waals surface area contributed by atoms with Crippen LogP contribution in [-0.4, -0.2) is 4.98 Å². The summed E-state index contributed by atoms with van der Waals surface area (Å²) in [5.41, 5.74) is 11.5. The molecule has 7 aromatic rings. The third-order valence-electron chi connectivity index (χ3n) is 7.75. The van der Waals surface area contributed by atoms with Crippen LogP contribution in [0.25, 0.3) is 66.3 Å². The Morgan fingerprint density at radius 1 is 0.375 bits per heavy atom. The van der Waals surface area contributed by atoms with Gasteiger partial charge in [-0.05, 0) is 88.0 Å². The first-order valence-corrected chi connectivity index (χ1v) is 13.8. The zero-order chi connectivity index (χ0) is 27.1. The first kappa shape index (κ1) is 24.1. The summed E-state index contributed by atoms with van der Waals surface area (Å²) < 4.78 is 0. The minimum atomic E-state index is 0.988. The molecule has 0 bridgehead atoms. The molecule has 0 aliphatic heterocycles. The highest BCUT2D eigenvalue weighted by molar-refractivity contribution is 6.13. The van der Waals surface area contributed by atoms with Crippen molar-refractivity contribution in [1.82, 2.24) is 4.98 Å². The molecule has 1 heteroatoms. The van der Waals surface area contributed by atoms with Gasteiger partial charge in [0.05, 0.1) is 11.4 Å². The topological polar surface area (TPSA) is 12.9 Å². The minimum absolute atomic E-state index is 0.988. The first-order valence-electron chi connectivity index (χ1n) is 13.8. The molecule has 0 fully saturated rings. The Bertz CT molecular complexity index is 1950. The maximum absolute atomic E-state index is 5.11. The third kappa shape index (κ3) is 4.46. The highest BCUT2D eigenvalue weighted by Gasteiger charge is 2.12. The van der Waals surface area contributed by atoms with E-state index in [4.69, 9.17) is 4.98 Å². The molecule has 40 heavy (non-hydrogen) atoms. The normalized spacial score (nSPS) is 11.2. The van der Waals surface area contributed by atoms with Crippen molar-refractivity contribution in [3.8, 4) is 44.8 Å². The SMILES string of the molecule is Cc1cccc(-c2cc(-c3ccc(-c4cc5ccccc5c5ccccc45)cc3)cc(-c3cccc(C)c3)n2)c1. The minimum Gasteiger partial charge on any atom is -0.248 e. The molecule has 0 atom stereocenters. The van der Waals surface area contributed by atoms with Gasteiger partial charge >= 0.3 is 0 Å². The largest absolute Gasteiger partial charge is 0.248 e. The molecule has 0 N–H and O–H groups in total. The summed E-state index contributed by atoms with van der Waals surface area (Å²) in [5, 5.41) is 5.13. The van der Waals surface area contributed by atoms with Gasteiger partial charge in [-0.15, -0.1) is 0 Å². The van der Waals surface area contributed by atoms with E-state index >= 15 is 0 Å². The molecule has 1 aromatic heterocycles. The number of nitrogens with zero attached hydrogens (tertiary/aromatic N) is 1. The van der Waals surface area contributed by atoms with Crippen molar-refractivity contribution in [2.75, 3.05) is 0 Å². The van der Waals surface area contributed by atoms with Gasteiger partial charge in [-0.25, -0.2) is 4.98 Å². The molecular weight excluding hydrogens is 482 g/mol. The van der Waals surface area contributed by atoms with E-state index in [9.17, 15) is 0 Å². The van der Waals surface area contributed by atoms with Gasteiger partial charge in [-0.1, -0.05) is 120 Å². The lowest BCUT2D eigenvalue weighted by Crippen LogP contribution is -1.92. The fraction of sp³-hybridized carbons (Fsp3) is 0.0513. The highest BCUT2D eigenvalue weighted by Crippen LogP contribution is 2.36. The second kappa shape index (κ2) is 9.94. The summed E-state index contributed by atoms with van der Waals surface area (Å²) >= 11 is 0. The molecule has 0 saturated carbocycles.